The number of hydrogen-bond acceptors (Lipinski definition) is 3. The van der Waals surface area contributed by atoms with Gasteiger partial charge in [-0.2, -0.15) is 0 Å². The van der Waals surface area contributed by atoms with Crippen molar-refractivity contribution in [1.82, 2.24) is 4.98 Å². The molecular weight excluding hydrogens is 314 g/mol. The second-order valence-corrected chi connectivity index (χ2v) is 5.99. The molecule has 1 aromatic carbocycles. The number of hydrogen-bond donors (Lipinski definition) is 1. The fourth-order valence-corrected chi connectivity index (χ4v) is 2.69. The van der Waals surface area contributed by atoms with E-state index in [0.717, 1.165) is 35.6 Å². The van der Waals surface area contributed by atoms with E-state index in [1.807, 2.05) is 6.20 Å². The molecule has 0 aliphatic carbocycles. The van der Waals surface area contributed by atoms with Crippen molar-refractivity contribution in [1.29, 1.82) is 0 Å². The van der Waals surface area contributed by atoms with Crippen LogP contribution in [0.4, 0.5) is 11.5 Å². The zero-order valence-electron chi connectivity index (χ0n) is 11.3. The van der Waals surface area contributed by atoms with Gasteiger partial charge in [-0.05, 0) is 42.7 Å². The molecule has 0 saturated carbocycles. The van der Waals surface area contributed by atoms with Gasteiger partial charge < -0.3 is 10.2 Å². The van der Waals surface area contributed by atoms with E-state index < -0.39 is 0 Å². The number of nitrogens with one attached hydrogen (secondary N) is 1. The van der Waals surface area contributed by atoms with Gasteiger partial charge in [0.1, 0.15) is 5.82 Å². The average Bonchev–Trinajstić information content (AvgIpc) is 3.01. The molecule has 20 heavy (non-hydrogen) atoms. The molecule has 3 rings (SSSR count). The summed E-state index contributed by atoms with van der Waals surface area (Å²) in [6, 6.07) is 12.6. The first-order chi connectivity index (χ1) is 9.81. The Hall–Kier alpha value is -1.55. The molecule has 3 nitrogen and oxygen atoms in total. The SMILES string of the molecule is Brc1ccc(CNc2ccc(N3CCCC3)nc2)cc1. The minimum Gasteiger partial charge on any atom is -0.380 e. The van der Waals surface area contributed by atoms with E-state index >= 15 is 0 Å². The highest BCUT2D eigenvalue weighted by atomic mass is 79.9. The number of halogens is 1. The van der Waals surface area contributed by atoms with Gasteiger partial charge in [0.25, 0.3) is 0 Å². The summed E-state index contributed by atoms with van der Waals surface area (Å²) in [7, 11) is 0. The van der Waals surface area contributed by atoms with E-state index in [1.165, 1.54) is 18.4 Å². The minimum atomic E-state index is 0.817. The molecule has 2 heterocycles. The van der Waals surface area contributed by atoms with Crippen molar-refractivity contribution in [2.24, 2.45) is 0 Å². The molecule has 0 atom stereocenters. The highest BCUT2D eigenvalue weighted by Gasteiger charge is 2.12. The molecule has 2 aromatic rings. The quantitative estimate of drug-likeness (QED) is 0.915. The first-order valence-corrected chi connectivity index (χ1v) is 7.80. The van der Waals surface area contributed by atoms with Gasteiger partial charge in [-0.1, -0.05) is 28.1 Å². The summed E-state index contributed by atoms with van der Waals surface area (Å²) in [5.74, 6) is 1.09. The van der Waals surface area contributed by atoms with Gasteiger partial charge >= 0.3 is 0 Å². The monoisotopic (exact) mass is 331 g/mol. The molecule has 4 heteroatoms. The molecule has 0 unspecified atom stereocenters. The van der Waals surface area contributed by atoms with Crippen molar-refractivity contribution in [2.45, 2.75) is 19.4 Å². The lowest BCUT2D eigenvalue weighted by Gasteiger charge is -2.16. The van der Waals surface area contributed by atoms with Crippen LogP contribution in [0.25, 0.3) is 0 Å². The first-order valence-electron chi connectivity index (χ1n) is 7.00. The Labute approximate surface area is 128 Å². The molecular formula is C16H18BrN3. The van der Waals surface area contributed by atoms with Crippen LogP contribution in [0.5, 0.6) is 0 Å². The van der Waals surface area contributed by atoms with Crippen LogP contribution >= 0.6 is 15.9 Å². The van der Waals surface area contributed by atoms with Crippen LogP contribution in [0.3, 0.4) is 0 Å². The maximum atomic E-state index is 4.54. The lowest BCUT2D eigenvalue weighted by atomic mass is 10.2. The van der Waals surface area contributed by atoms with E-state index in [-0.39, 0.29) is 0 Å². The Bertz CT molecular complexity index is 545. The second-order valence-electron chi connectivity index (χ2n) is 5.08. The molecule has 0 spiro atoms. The Balaban J connectivity index is 1.59. The molecule has 0 amide bonds. The van der Waals surface area contributed by atoms with E-state index in [9.17, 15) is 0 Å². The van der Waals surface area contributed by atoms with E-state index in [0.29, 0.717) is 0 Å². The third kappa shape index (κ3) is 3.31. The largest absolute Gasteiger partial charge is 0.380 e. The maximum Gasteiger partial charge on any atom is 0.128 e. The lowest BCUT2D eigenvalue weighted by molar-refractivity contribution is 0.937. The molecule has 1 fully saturated rings. The van der Waals surface area contributed by atoms with Crippen molar-refractivity contribution in [3.8, 4) is 0 Å². The van der Waals surface area contributed by atoms with Crippen molar-refractivity contribution in [2.75, 3.05) is 23.3 Å². The summed E-state index contributed by atoms with van der Waals surface area (Å²) in [6.45, 7) is 3.09. The Kier molecular flexibility index (Phi) is 4.21. The van der Waals surface area contributed by atoms with Crippen molar-refractivity contribution in [3.05, 3.63) is 52.6 Å². The van der Waals surface area contributed by atoms with Crippen LogP contribution in [0.2, 0.25) is 0 Å². The Morgan fingerprint density at radius 3 is 2.45 bits per heavy atom. The van der Waals surface area contributed by atoms with Crippen molar-refractivity contribution < 1.29 is 0 Å². The normalized spacial score (nSPS) is 14.6. The zero-order chi connectivity index (χ0) is 13.8. The number of nitrogens with zero attached hydrogens (tertiary/aromatic N) is 2. The number of aromatic nitrogens is 1. The number of anilines is 2. The molecule has 1 N–H and O–H groups in total. The van der Waals surface area contributed by atoms with Gasteiger partial charge in [0, 0.05) is 24.1 Å². The topological polar surface area (TPSA) is 28.2 Å². The van der Waals surface area contributed by atoms with Crippen LogP contribution in [0, 0.1) is 0 Å². The van der Waals surface area contributed by atoms with Gasteiger partial charge in [0.2, 0.25) is 0 Å². The van der Waals surface area contributed by atoms with Gasteiger partial charge in [-0.15, -0.1) is 0 Å². The highest BCUT2D eigenvalue weighted by Crippen LogP contribution is 2.19. The van der Waals surface area contributed by atoms with Crippen LogP contribution in [0.1, 0.15) is 18.4 Å². The Morgan fingerprint density at radius 1 is 1.05 bits per heavy atom. The van der Waals surface area contributed by atoms with Crippen LogP contribution in [-0.4, -0.2) is 18.1 Å². The van der Waals surface area contributed by atoms with Crippen molar-refractivity contribution in [3.63, 3.8) is 0 Å². The van der Waals surface area contributed by atoms with E-state index in [1.54, 1.807) is 0 Å². The molecule has 0 radical (unpaired) electrons. The summed E-state index contributed by atoms with van der Waals surface area (Å²) < 4.78 is 1.11. The summed E-state index contributed by atoms with van der Waals surface area (Å²) in [5, 5.41) is 3.40. The minimum absolute atomic E-state index is 0.817. The smallest absolute Gasteiger partial charge is 0.128 e. The standard InChI is InChI=1S/C16H18BrN3/c17-14-5-3-13(4-6-14)11-18-15-7-8-16(19-12-15)20-9-1-2-10-20/h3-8,12,18H,1-2,9-11H2. The first kappa shape index (κ1) is 13.4. The molecule has 1 aliphatic rings. The highest BCUT2D eigenvalue weighted by molar-refractivity contribution is 9.10. The summed E-state index contributed by atoms with van der Waals surface area (Å²) >= 11 is 3.45. The average molecular weight is 332 g/mol. The number of rotatable bonds is 4. The number of pyridine rings is 1. The third-order valence-corrected chi connectivity index (χ3v) is 4.12. The van der Waals surface area contributed by atoms with E-state index in [2.05, 4.69) is 67.5 Å². The van der Waals surface area contributed by atoms with Crippen LogP contribution in [0.15, 0.2) is 47.1 Å². The number of benzene rings is 1. The zero-order valence-corrected chi connectivity index (χ0v) is 12.9. The van der Waals surface area contributed by atoms with E-state index in [4.69, 9.17) is 0 Å². The predicted octanol–water partition coefficient (Wildman–Crippen LogP) is 4.06. The predicted molar refractivity (Wildman–Crippen MR) is 87.2 cm³/mol. The van der Waals surface area contributed by atoms with Gasteiger partial charge in [0.15, 0.2) is 0 Å². The van der Waals surface area contributed by atoms with Gasteiger partial charge in [0.05, 0.1) is 11.9 Å². The lowest BCUT2D eigenvalue weighted by Crippen LogP contribution is -2.18. The molecule has 0 bridgehead atoms. The molecule has 1 aromatic heterocycles. The molecule has 1 saturated heterocycles. The van der Waals surface area contributed by atoms with Crippen LogP contribution in [-0.2, 0) is 6.54 Å². The third-order valence-electron chi connectivity index (χ3n) is 3.59. The maximum absolute atomic E-state index is 4.54. The fourth-order valence-electron chi connectivity index (χ4n) is 2.43. The van der Waals surface area contributed by atoms with Crippen molar-refractivity contribution >= 4 is 27.4 Å². The van der Waals surface area contributed by atoms with Crippen LogP contribution < -0.4 is 10.2 Å². The summed E-state index contributed by atoms with van der Waals surface area (Å²) in [5.41, 5.74) is 2.33. The Morgan fingerprint density at radius 2 is 1.80 bits per heavy atom. The second kappa shape index (κ2) is 6.27. The summed E-state index contributed by atoms with van der Waals surface area (Å²) in [6.07, 6.45) is 4.49. The fraction of sp³-hybridized carbons (Fsp3) is 0.312. The molecule has 1 aliphatic heterocycles. The van der Waals surface area contributed by atoms with Gasteiger partial charge in [-0.3, -0.25) is 0 Å². The summed E-state index contributed by atoms with van der Waals surface area (Å²) in [4.78, 5) is 6.89. The van der Waals surface area contributed by atoms with Gasteiger partial charge in [-0.25, -0.2) is 4.98 Å². The molecule has 104 valence electrons.